The number of aromatic nitrogens is 2. The maximum Gasteiger partial charge on any atom is 0.255 e. The second-order valence-electron chi connectivity index (χ2n) is 8.06. The van der Waals surface area contributed by atoms with E-state index in [0.29, 0.717) is 43.1 Å². The van der Waals surface area contributed by atoms with Crippen molar-refractivity contribution in [1.29, 1.82) is 0 Å². The van der Waals surface area contributed by atoms with E-state index in [1.165, 1.54) is 0 Å². The van der Waals surface area contributed by atoms with E-state index in [1.807, 2.05) is 25.8 Å². The zero-order valence-corrected chi connectivity index (χ0v) is 16.3. The van der Waals surface area contributed by atoms with Crippen molar-refractivity contribution in [2.24, 2.45) is 18.7 Å². The van der Waals surface area contributed by atoms with Gasteiger partial charge in [-0.3, -0.25) is 14.3 Å². The molecule has 2 amide bonds. The summed E-state index contributed by atoms with van der Waals surface area (Å²) < 4.78 is 1.71. The molecule has 3 N–H and O–H groups in total. The van der Waals surface area contributed by atoms with Crippen molar-refractivity contribution in [1.82, 2.24) is 20.0 Å². The van der Waals surface area contributed by atoms with Gasteiger partial charge in [-0.1, -0.05) is 12.8 Å². The molecule has 2 aliphatic rings. The highest BCUT2D eigenvalue weighted by atomic mass is 16.2. The van der Waals surface area contributed by atoms with E-state index in [-0.39, 0.29) is 17.9 Å². The van der Waals surface area contributed by atoms with Gasteiger partial charge in [0.2, 0.25) is 5.91 Å². The van der Waals surface area contributed by atoms with Gasteiger partial charge in [-0.05, 0) is 52.5 Å². The van der Waals surface area contributed by atoms with Crippen molar-refractivity contribution >= 4 is 11.8 Å². The molecule has 1 aliphatic carbocycles. The summed E-state index contributed by atoms with van der Waals surface area (Å²) in [7, 11) is 1.83. The van der Waals surface area contributed by atoms with Crippen LogP contribution in [0.2, 0.25) is 0 Å². The first-order chi connectivity index (χ1) is 12.3. The lowest BCUT2D eigenvalue weighted by atomic mass is 9.94. The van der Waals surface area contributed by atoms with Crippen molar-refractivity contribution in [3.8, 4) is 0 Å². The maximum atomic E-state index is 13.4. The quantitative estimate of drug-likeness (QED) is 0.845. The van der Waals surface area contributed by atoms with Crippen molar-refractivity contribution in [2.45, 2.75) is 64.5 Å². The molecule has 1 aromatic heterocycles. The van der Waals surface area contributed by atoms with Crippen LogP contribution in [-0.2, 0) is 11.8 Å². The summed E-state index contributed by atoms with van der Waals surface area (Å²) in [6, 6.07) is 0.173. The fraction of sp³-hybridized carbons (Fsp3) is 0.737. The number of amides is 2. The highest BCUT2D eigenvalue weighted by Gasteiger charge is 2.48. The molecule has 2 atom stereocenters. The summed E-state index contributed by atoms with van der Waals surface area (Å²) in [6.45, 7) is 7.08. The molecule has 26 heavy (non-hydrogen) atoms. The Bertz CT molecular complexity index is 705. The number of nitrogens with zero attached hydrogens (tertiary/aromatic N) is 3. The van der Waals surface area contributed by atoms with Crippen LogP contribution in [0.3, 0.4) is 0 Å². The number of nitrogens with one attached hydrogen (secondary N) is 1. The molecule has 1 saturated heterocycles. The number of rotatable bonds is 4. The molecule has 2 fully saturated rings. The van der Waals surface area contributed by atoms with Crippen LogP contribution in [0.5, 0.6) is 0 Å². The molecular formula is C19H31N5O2. The molecule has 1 aromatic rings. The summed E-state index contributed by atoms with van der Waals surface area (Å²) in [4.78, 5) is 28.4. The van der Waals surface area contributed by atoms with Crippen LogP contribution in [0.4, 0.5) is 0 Å². The molecule has 144 valence electrons. The summed E-state index contributed by atoms with van der Waals surface area (Å²) in [5.41, 5.74) is 7.13. The fourth-order valence-electron chi connectivity index (χ4n) is 4.62. The van der Waals surface area contributed by atoms with E-state index in [2.05, 4.69) is 17.3 Å². The number of nitrogens with two attached hydrogens (primary N) is 1. The highest BCUT2D eigenvalue weighted by molar-refractivity contribution is 6.01. The summed E-state index contributed by atoms with van der Waals surface area (Å²) in [5.74, 6) is 0.225. The van der Waals surface area contributed by atoms with Gasteiger partial charge in [0.15, 0.2) is 0 Å². The summed E-state index contributed by atoms with van der Waals surface area (Å²) in [6.07, 6.45) is 4.26. The van der Waals surface area contributed by atoms with Crippen LogP contribution in [-0.4, -0.2) is 51.2 Å². The fourth-order valence-corrected chi connectivity index (χ4v) is 4.62. The molecule has 7 heteroatoms. The van der Waals surface area contributed by atoms with E-state index in [0.717, 1.165) is 25.0 Å². The largest absolute Gasteiger partial charge is 0.338 e. The van der Waals surface area contributed by atoms with Gasteiger partial charge in [0, 0.05) is 25.3 Å². The number of carbonyl (C=O) groups excluding carboxylic acids is 2. The Morgan fingerprint density at radius 2 is 1.96 bits per heavy atom. The molecule has 1 aliphatic heterocycles. The van der Waals surface area contributed by atoms with Crippen LogP contribution in [0.25, 0.3) is 0 Å². The van der Waals surface area contributed by atoms with Gasteiger partial charge in [-0.25, -0.2) is 0 Å². The first-order valence-electron chi connectivity index (χ1n) is 9.63. The van der Waals surface area contributed by atoms with Gasteiger partial charge in [0.1, 0.15) is 5.54 Å². The Labute approximate surface area is 155 Å². The van der Waals surface area contributed by atoms with Crippen molar-refractivity contribution < 1.29 is 9.59 Å². The average molecular weight is 361 g/mol. The van der Waals surface area contributed by atoms with Crippen molar-refractivity contribution in [3.63, 3.8) is 0 Å². The molecule has 2 unspecified atom stereocenters. The normalized spacial score (nSPS) is 24.9. The van der Waals surface area contributed by atoms with Gasteiger partial charge in [-0.15, -0.1) is 0 Å². The Hall–Kier alpha value is -1.89. The minimum absolute atomic E-state index is 0.0611. The zero-order valence-electron chi connectivity index (χ0n) is 16.3. The standard InChI is InChI=1S/C19H31N5O2/c1-12-9-15(10-20)11-24(12)18(26)19(7-5-6-8-19)21-17(25)16-13(2)22-23(4)14(16)3/h12,15H,5-11,20H2,1-4H3,(H,21,25). The number of carbonyl (C=O) groups is 2. The molecular weight excluding hydrogens is 330 g/mol. The third kappa shape index (κ3) is 3.13. The maximum absolute atomic E-state index is 13.4. The minimum atomic E-state index is -0.788. The van der Waals surface area contributed by atoms with Crippen LogP contribution < -0.4 is 11.1 Å². The van der Waals surface area contributed by atoms with Crippen LogP contribution in [0.15, 0.2) is 0 Å². The first kappa shape index (κ1) is 18.9. The van der Waals surface area contributed by atoms with Crippen LogP contribution in [0.1, 0.15) is 60.8 Å². The third-order valence-corrected chi connectivity index (χ3v) is 6.21. The van der Waals surface area contributed by atoms with Gasteiger partial charge < -0.3 is 16.0 Å². The average Bonchev–Trinajstić information content (AvgIpc) is 3.26. The predicted molar refractivity (Wildman–Crippen MR) is 99.7 cm³/mol. The second kappa shape index (κ2) is 7.02. The second-order valence-corrected chi connectivity index (χ2v) is 8.06. The Balaban J connectivity index is 1.84. The van der Waals surface area contributed by atoms with E-state index < -0.39 is 5.54 Å². The van der Waals surface area contributed by atoms with Crippen LogP contribution >= 0.6 is 0 Å². The highest BCUT2D eigenvalue weighted by Crippen LogP contribution is 2.35. The van der Waals surface area contributed by atoms with Crippen molar-refractivity contribution in [3.05, 3.63) is 17.0 Å². The van der Waals surface area contributed by atoms with Gasteiger partial charge in [0.05, 0.1) is 11.3 Å². The summed E-state index contributed by atoms with van der Waals surface area (Å²) in [5, 5.41) is 7.45. The number of likely N-dealkylation sites (tertiary alicyclic amines) is 1. The molecule has 3 rings (SSSR count). The van der Waals surface area contributed by atoms with E-state index in [4.69, 9.17) is 5.73 Å². The van der Waals surface area contributed by atoms with E-state index in [9.17, 15) is 9.59 Å². The Morgan fingerprint density at radius 3 is 2.46 bits per heavy atom. The van der Waals surface area contributed by atoms with Gasteiger partial charge in [-0.2, -0.15) is 5.10 Å². The molecule has 0 aromatic carbocycles. The lowest BCUT2D eigenvalue weighted by molar-refractivity contribution is -0.138. The Kier molecular flexibility index (Phi) is 5.10. The molecule has 0 radical (unpaired) electrons. The minimum Gasteiger partial charge on any atom is -0.338 e. The smallest absolute Gasteiger partial charge is 0.255 e. The number of aryl methyl sites for hydroxylation is 2. The molecule has 1 saturated carbocycles. The number of hydrogen-bond acceptors (Lipinski definition) is 4. The number of hydrogen-bond donors (Lipinski definition) is 2. The third-order valence-electron chi connectivity index (χ3n) is 6.21. The monoisotopic (exact) mass is 361 g/mol. The van der Waals surface area contributed by atoms with Crippen molar-refractivity contribution in [2.75, 3.05) is 13.1 Å². The Morgan fingerprint density at radius 1 is 1.31 bits per heavy atom. The zero-order chi connectivity index (χ0) is 19.1. The topological polar surface area (TPSA) is 93.2 Å². The lowest BCUT2D eigenvalue weighted by Gasteiger charge is -2.35. The molecule has 0 bridgehead atoms. The molecule has 7 nitrogen and oxygen atoms in total. The predicted octanol–water partition coefficient (Wildman–Crippen LogP) is 1.28. The summed E-state index contributed by atoms with van der Waals surface area (Å²) >= 11 is 0. The molecule has 2 heterocycles. The van der Waals surface area contributed by atoms with E-state index in [1.54, 1.807) is 4.68 Å². The van der Waals surface area contributed by atoms with Gasteiger partial charge >= 0.3 is 0 Å². The SMILES string of the molecule is Cc1nn(C)c(C)c1C(=O)NC1(C(=O)N2CC(CN)CC2C)CCCC1. The van der Waals surface area contributed by atoms with Crippen LogP contribution in [0, 0.1) is 19.8 Å². The van der Waals surface area contributed by atoms with E-state index >= 15 is 0 Å². The van der Waals surface area contributed by atoms with Gasteiger partial charge in [0.25, 0.3) is 5.91 Å². The lowest BCUT2D eigenvalue weighted by Crippen LogP contribution is -2.59. The molecule has 0 spiro atoms. The first-order valence-corrected chi connectivity index (χ1v) is 9.63.